The minimum Gasteiger partial charge on any atom is -0.383 e. The van der Waals surface area contributed by atoms with E-state index >= 15 is 0 Å². The number of benzene rings is 2. The Morgan fingerprint density at radius 3 is 2.73 bits per heavy atom. The highest BCUT2D eigenvalue weighted by Crippen LogP contribution is 2.38. The third-order valence-corrected chi connectivity index (χ3v) is 5.51. The molecule has 30 heavy (non-hydrogen) atoms. The maximum atomic E-state index is 15.0. The molecule has 2 aromatic rings. The van der Waals surface area contributed by atoms with Crippen LogP contribution < -0.4 is 16.4 Å². The van der Waals surface area contributed by atoms with Crippen LogP contribution in [0.3, 0.4) is 0 Å². The second-order valence-electron chi connectivity index (χ2n) is 7.71. The Morgan fingerprint density at radius 1 is 1.33 bits per heavy atom. The van der Waals surface area contributed by atoms with Gasteiger partial charge in [-0.05, 0) is 36.6 Å². The minimum absolute atomic E-state index is 0. The van der Waals surface area contributed by atoms with Crippen LogP contribution in [-0.2, 0) is 0 Å². The Hall–Kier alpha value is -2.66. The highest BCUT2D eigenvalue weighted by molar-refractivity contribution is 6.16. The van der Waals surface area contributed by atoms with Gasteiger partial charge >= 0.3 is 0 Å². The number of aryl methyl sites for hydroxylation is 1. The van der Waals surface area contributed by atoms with Crippen molar-refractivity contribution in [2.45, 2.75) is 41.0 Å². The van der Waals surface area contributed by atoms with E-state index in [2.05, 4.69) is 24.5 Å². The van der Waals surface area contributed by atoms with Gasteiger partial charge in [0.05, 0.1) is 0 Å². The van der Waals surface area contributed by atoms with Crippen LogP contribution in [0.25, 0.3) is 16.5 Å². The molecule has 0 aromatic heterocycles. The summed E-state index contributed by atoms with van der Waals surface area (Å²) in [4.78, 5) is 13.4. The fourth-order valence-electron chi connectivity index (χ4n) is 3.75. The number of rotatable bonds is 8. The number of fused-ring (bicyclic) bond motifs is 1. The lowest BCUT2D eigenvalue weighted by Gasteiger charge is -2.22. The molecule has 5 heteroatoms. The zero-order valence-electron chi connectivity index (χ0n) is 17.4. The zero-order valence-corrected chi connectivity index (χ0v) is 17.4. The first kappa shape index (κ1) is 23.6. The number of Topliss-reactive ketones (excluding diaryl/α,β-unsaturated/α-hetero) is 1. The molecule has 0 saturated heterocycles. The predicted octanol–water partition coefficient (Wildman–Crippen LogP) is 5.41. The largest absolute Gasteiger partial charge is 0.383 e. The molecule has 4 N–H and O–H groups in total. The molecule has 1 aliphatic heterocycles. The summed E-state index contributed by atoms with van der Waals surface area (Å²) in [5, 5.41) is 7.76. The van der Waals surface area contributed by atoms with Crippen molar-refractivity contribution in [3.63, 3.8) is 0 Å². The van der Waals surface area contributed by atoms with Crippen molar-refractivity contribution in [3.05, 3.63) is 58.9 Å². The van der Waals surface area contributed by atoms with Gasteiger partial charge in [0.2, 0.25) is 0 Å². The molecule has 0 aliphatic carbocycles. The van der Waals surface area contributed by atoms with Crippen LogP contribution in [0, 0.1) is 18.7 Å². The average Bonchev–Trinajstić information content (AvgIpc) is 2.74. The minimum atomic E-state index is -0.334. The Morgan fingerprint density at radius 2 is 2.10 bits per heavy atom. The quantitative estimate of drug-likeness (QED) is 0.508. The lowest BCUT2D eigenvalue weighted by atomic mass is 9.86. The molecule has 1 atom stereocenters. The first-order chi connectivity index (χ1) is 14.0. The van der Waals surface area contributed by atoms with Gasteiger partial charge in [0.25, 0.3) is 0 Å². The number of ketones is 1. The summed E-state index contributed by atoms with van der Waals surface area (Å²) in [6.07, 6.45) is 7.32. The monoisotopic (exact) mass is 411 g/mol. The second kappa shape index (κ2) is 10.4. The van der Waals surface area contributed by atoms with Crippen LogP contribution in [0.15, 0.2) is 36.4 Å². The summed E-state index contributed by atoms with van der Waals surface area (Å²) in [5.41, 5.74) is 9.51. The molecule has 1 unspecified atom stereocenters. The van der Waals surface area contributed by atoms with E-state index in [-0.39, 0.29) is 24.9 Å². The number of nitrogens with two attached hydrogens (primary N) is 1. The van der Waals surface area contributed by atoms with Gasteiger partial charge in [0, 0.05) is 59.3 Å². The number of halogens is 1. The van der Waals surface area contributed by atoms with Gasteiger partial charge < -0.3 is 16.4 Å². The highest BCUT2D eigenvalue weighted by Gasteiger charge is 2.24. The third kappa shape index (κ3) is 4.73. The summed E-state index contributed by atoms with van der Waals surface area (Å²) in [6, 6.07) is 5.11. The molecular formula is C25H34FN3O. The maximum Gasteiger partial charge on any atom is 0.164 e. The number of dihydropyridines is 1. The molecule has 0 bridgehead atoms. The van der Waals surface area contributed by atoms with Crippen molar-refractivity contribution < 1.29 is 9.18 Å². The second-order valence-corrected chi connectivity index (χ2v) is 7.71. The van der Waals surface area contributed by atoms with E-state index in [0.717, 1.165) is 23.2 Å². The molecular weight excluding hydrogens is 377 g/mol. The Balaban J connectivity index is 0.00000320. The summed E-state index contributed by atoms with van der Waals surface area (Å²) in [7, 11) is 0. The highest BCUT2D eigenvalue weighted by atomic mass is 19.1. The van der Waals surface area contributed by atoms with Crippen LogP contribution in [0.1, 0.15) is 55.6 Å². The van der Waals surface area contributed by atoms with Crippen LogP contribution >= 0.6 is 0 Å². The first-order valence-corrected chi connectivity index (χ1v) is 10.3. The molecule has 162 valence electrons. The van der Waals surface area contributed by atoms with Gasteiger partial charge in [-0.3, -0.25) is 4.79 Å². The van der Waals surface area contributed by atoms with Gasteiger partial charge in [-0.15, -0.1) is 0 Å². The van der Waals surface area contributed by atoms with Crippen molar-refractivity contribution >= 4 is 27.9 Å². The van der Waals surface area contributed by atoms with Gasteiger partial charge in [-0.1, -0.05) is 45.9 Å². The predicted molar refractivity (Wildman–Crippen MR) is 126 cm³/mol. The van der Waals surface area contributed by atoms with Crippen molar-refractivity contribution in [1.82, 2.24) is 5.32 Å². The number of hydrogen-bond acceptors (Lipinski definition) is 4. The summed E-state index contributed by atoms with van der Waals surface area (Å²) in [5.74, 6) is -0.0158. The molecule has 3 rings (SSSR count). The fourth-order valence-corrected chi connectivity index (χ4v) is 3.75. The van der Waals surface area contributed by atoms with Gasteiger partial charge in [0.15, 0.2) is 5.78 Å². The normalized spacial score (nSPS) is 14.0. The number of carbonyl (C=O) groups is 1. The molecule has 0 spiro atoms. The number of allylic oxidation sites excluding steroid dienone is 2. The SMILES string of the molecule is C.CCC(C)CC(=O)c1c(C2=CC=CCN2)cc(NCCN)c2c(F)ccc(C)c12. The maximum absolute atomic E-state index is 15.0. The first-order valence-electron chi connectivity index (χ1n) is 10.3. The van der Waals surface area contributed by atoms with E-state index in [9.17, 15) is 9.18 Å². The number of anilines is 1. The fraction of sp³-hybridized carbons (Fsp3) is 0.400. The van der Waals surface area contributed by atoms with Crippen molar-refractivity contribution in [1.29, 1.82) is 0 Å². The van der Waals surface area contributed by atoms with Crippen LogP contribution in [-0.4, -0.2) is 25.4 Å². The molecule has 0 amide bonds. The van der Waals surface area contributed by atoms with E-state index in [1.165, 1.54) is 6.07 Å². The van der Waals surface area contributed by atoms with E-state index in [0.29, 0.717) is 48.1 Å². The molecule has 1 aliphatic rings. The van der Waals surface area contributed by atoms with Crippen LogP contribution in [0.4, 0.5) is 10.1 Å². The lowest BCUT2D eigenvalue weighted by Crippen LogP contribution is -2.19. The number of hydrogen-bond donors (Lipinski definition) is 3. The van der Waals surface area contributed by atoms with Gasteiger partial charge in [-0.25, -0.2) is 4.39 Å². The van der Waals surface area contributed by atoms with E-state index in [1.807, 2.05) is 31.2 Å². The Kier molecular flexibility index (Phi) is 8.18. The van der Waals surface area contributed by atoms with E-state index in [4.69, 9.17) is 5.73 Å². The molecule has 0 saturated carbocycles. The Bertz CT molecular complexity index is 978. The molecule has 2 aromatic carbocycles. The molecule has 0 fully saturated rings. The molecule has 1 heterocycles. The van der Waals surface area contributed by atoms with Gasteiger partial charge in [-0.2, -0.15) is 0 Å². The van der Waals surface area contributed by atoms with Crippen molar-refractivity contribution in [2.75, 3.05) is 25.0 Å². The number of carbonyl (C=O) groups excluding carboxylic acids is 1. The molecule has 4 nitrogen and oxygen atoms in total. The van der Waals surface area contributed by atoms with Crippen LogP contribution in [0.5, 0.6) is 0 Å². The third-order valence-electron chi connectivity index (χ3n) is 5.51. The topological polar surface area (TPSA) is 67.2 Å². The summed E-state index contributed by atoms with van der Waals surface area (Å²) < 4.78 is 15.0. The average molecular weight is 412 g/mol. The lowest BCUT2D eigenvalue weighted by molar-refractivity contribution is 0.0965. The smallest absolute Gasteiger partial charge is 0.164 e. The number of nitrogens with one attached hydrogen (secondary N) is 2. The summed E-state index contributed by atoms with van der Waals surface area (Å²) >= 11 is 0. The summed E-state index contributed by atoms with van der Waals surface area (Å²) in [6.45, 7) is 7.73. The van der Waals surface area contributed by atoms with E-state index < -0.39 is 0 Å². The van der Waals surface area contributed by atoms with Crippen LogP contribution in [0.2, 0.25) is 0 Å². The van der Waals surface area contributed by atoms with Gasteiger partial charge in [0.1, 0.15) is 5.82 Å². The standard InChI is InChI=1S/C24H30FN3O.CH4/c1-4-15(2)13-21(29)23-17(19-7-5-6-11-27-19)14-20(28-12-10-26)24-18(25)9-8-16(3)22(23)24;/h5-9,14-15,27-28H,4,10-13,26H2,1-3H3;1H4. The zero-order chi connectivity index (χ0) is 21.0. The van der Waals surface area contributed by atoms with E-state index in [1.54, 1.807) is 6.07 Å². The van der Waals surface area contributed by atoms with Crippen molar-refractivity contribution in [3.8, 4) is 0 Å². The van der Waals surface area contributed by atoms with Crippen molar-refractivity contribution in [2.24, 2.45) is 11.7 Å². The Labute approximate surface area is 179 Å². The molecule has 0 radical (unpaired) electrons.